The van der Waals surface area contributed by atoms with E-state index in [1.54, 1.807) is 6.07 Å². The van der Waals surface area contributed by atoms with Crippen molar-refractivity contribution in [2.24, 2.45) is 5.73 Å². The third kappa shape index (κ3) is 4.95. The van der Waals surface area contributed by atoms with Crippen LogP contribution in [-0.4, -0.2) is 23.4 Å². The van der Waals surface area contributed by atoms with Gasteiger partial charge in [-0.3, -0.25) is 0 Å². The zero-order chi connectivity index (χ0) is 20.0. The van der Waals surface area contributed by atoms with Crippen LogP contribution >= 0.6 is 0 Å². The molecule has 0 fully saturated rings. The van der Waals surface area contributed by atoms with Crippen LogP contribution in [0.25, 0.3) is 5.57 Å². The van der Waals surface area contributed by atoms with Gasteiger partial charge in [-0.1, -0.05) is 43.6 Å². The highest BCUT2D eigenvalue weighted by Crippen LogP contribution is 2.47. The average molecular weight is 372 g/mol. The smallest absolute Gasteiger partial charge is 0.172 e. The van der Waals surface area contributed by atoms with E-state index in [-0.39, 0.29) is 18.1 Å². The maximum Gasteiger partial charge on any atom is 0.172 e. The Morgan fingerprint density at radius 3 is 2.63 bits per heavy atom. The minimum atomic E-state index is 0.109. The van der Waals surface area contributed by atoms with Gasteiger partial charge in [0.15, 0.2) is 11.5 Å². The van der Waals surface area contributed by atoms with Crippen molar-refractivity contribution < 1.29 is 14.9 Å². The van der Waals surface area contributed by atoms with Crippen LogP contribution in [0.1, 0.15) is 64.0 Å². The van der Waals surface area contributed by atoms with Crippen LogP contribution in [0, 0.1) is 0 Å². The highest BCUT2D eigenvalue weighted by atomic mass is 16.5. The fraction of sp³-hybridized carbons (Fsp3) is 0.478. The molecule has 0 radical (unpaired) electrons. The number of aryl methyl sites for hydroxylation is 1. The molecule has 1 aromatic rings. The summed E-state index contributed by atoms with van der Waals surface area (Å²) in [4.78, 5) is 0. The number of aromatic hydroxyl groups is 2. The number of ether oxygens (including phenoxy) is 1. The summed E-state index contributed by atoms with van der Waals surface area (Å²) in [5.41, 5.74) is 11.0. The fourth-order valence-corrected chi connectivity index (χ4v) is 3.53. The second-order valence-electron chi connectivity index (χ2n) is 7.37. The summed E-state index contributed by atoms with van der Waals surface area (Å²) in [6.45, 7) is 10.9. The van der Waals surface area contributed by atoms with Crippen molar-refractivity contribution in [2.75, 3.05) is 13.2 Å². The van der Waals surface area contributed by atoms with Crippen LogP contribution in [0.15, 0.2) is 35.4 Å². The fourth-order valence-electron chi connectivity index (χ4n) is 3.53. The Balaban J connectivity index is 2.63. The first-order valence-electron chi connectivity index (χ1n) is 9.87. The molecule has 0 aromatic heterocycles. The molecule has 0 saturated heterocycles. The van der Waals surface area contributed by atoms with Crippen molar-refractivity contribution in [2.45, 2.75) is 59.3 Å². The highest BCUT2D eigenvalue weighted by Gasteiger charge is 2.25. The van der Waals surface area contributed by atoms with Crippen molar-refractivity contribution in [1.29, 1.82) is 0 Å². The van der Waals surface area contributed by atoms with Crippen LogP contribution in [0.3, 0.4) is 0 Å². The van der Waals surface area contributed by atoms with Gasteiger partial charge in [-0.15, -0.1) is 0 Å². The Bertz CT molecular complexity index is 759. The molecule has 1 aromatic carbocycles. The van der Waals surface area contributed by atoms with Crippen LogP contribution in [0.4, 0.5) is 0 Å². The Morgan fingerprint density at radius 2 is 2.00 bits per heavy atom. The first-order chi connectivity index (χ1) is 12.9. The van der Waals surface area contributed by atoms with E-state index in [1.807, 2.05) is 6.92 Å². The average Bonchev–Trinajstić information content (AvgIpc) is 2.62. The second-order valence-corrected chi connectivity index (χ2v) is 7.37. The third-order valence-electron chi connectivity index (χ3n) is 5.00. The number of unbranched alkanes of at least 4 members (excludes halogenated alkanes) is 2. The maximum atomic E-state index is 10.9. The quantitative estimate of drug-likeness (QED) is 0.410. The first kappa shape index (κ1) is 21.1. The summed E-state index contributed by atoms with van der Waals surface area (Å²) in [6.07, 6.45) is 7.72. The molecular weight excluding hydrogens is 338 g/mol. The Hall–Kier alpha value is -2.20. The van der Waals surface area contributed by atoms with Crippen molar-refractivity contribution >= 4 is 5.57 Å². The molecule has 4 N–H and O–H groups in total. The lowest BCUT2D eigenvalue weighted by Gasteiger charge is -2.23. The number of hydrogen-bond acceptors (Lipinski definition) is 4. The van der Waals surface area contributed by atoms with Crippen molar-refractivity contribution in [3.63, 3.8) is 0 Å². The van der Waals surface area contributed by atoms with Gasteiger partial charge in [-0.05, 0) is 56.7 Å². The number of allylic oxidation sites excluding steroid dienone is 5. The highest BCUT2D eigenvalue weighted by molar-refractivity contribution is 5.88. The van der Waals surface area contributed by atoms with Gasteiger partial charge in [0.2, 0.25) is 0 Å². The van der Waals surface area contributed by atoms with E-state index >= 15 is 0 Å². The minimum Gasteiger partial charge on any atom is -0.507 e. The minimum absolute atomic E-state index is 0.109. The van der Waals surface area contributed by atoms with Gasteiger partial charge in [-0.25, -0.2) is 0 Å². The third-order valence-corrected chi connectivity index (χ3v) is 5.00. The number of benzene rings is 1. The molecule has 1 aliphatic carbocycles. The summed E-state index contributed by atoms with van der Waals surface area (Å²) in [5, 5.41) is 21.8. The lowest BCUT2D eigenvalue weighted by Crippen LogP contribution is -2.12. The molecule has 0 saturated carbocycles. The van der Waals surface area contributed by atoms with Crippen LogP contribution in [-0.2, 0) is 6.42 Å². The Labute approximate surface area is 163 Å². The largest absolute Gasteiger partial charge is 0.507 e. The van der Waals surface area contributed by atoms with Gasteiger partial charge < -0.3 is 20.7 Å². The van der Waals surface area contributed by atoms with E-state index in [1.165, 1.54) is 5.57 Å². The molecule has 0 heterocycles. The predicted molar refractivity (Wildman–Crippen MR) is 112 cm³/mol. The molecule has 0 aliphatic heterocycles. The summed E-state index contributed by atoms with van der Waals surface area (Å²) in [5.74, 6) is 0.565. The summed E-state index contributed by atoms with van der Waals surface area (Å²) in [7, 11) is 0. The molecule has 0 spiro atoms. The van der Waals surface area contributed by atoms with Gasteiger partial charge in [-0.2, -0.15) is 0 Å². The van der Waals surface area contributed by atoms with E-state index < -0.39 is 0 Å². The summed E-state index contributed by atoms with van der Waals surface area (Å²) < 4.78 is 5.83. The standard InChI is InChI=1S/C23H33NO3/c1-5-6-7-8-17-14-20(25)21(23(22(17)26)27-12-11-24)19-13-16(4)9-10-18(19)15(2)3/h13-14,25-26H,2,5-12,24H2,1,3-4H3. The van der Waals surface area contributed by atoms with Gasteiger partial charge in [0, 0.05) is 12.1 Å². The molecule has 0 atom stereocenters. The number of phenols is 2. The molecule has 4 heteroatoms. The zero-order valence-corrected chi connectivity index (χ0v) is 16.9. The Morgan fingerprint density at radius 1 is 1.26 bits per heavy atom. The van der Waals surface area contributed by atoms with Gasteiger partial charge in [0.25, 0.3) is 0 Å². The molecule has 4 nitrogen and oxygen atoms in total. The van der Waals surface area contributed by atoms with E-state index in [9.17, 15) is 10.2 Å². The van der Waals surface area contributed by atoms with Crippen molar-refractivity contribution in [3.05, 3.63) is 46.6 Å². The molecule has 0 amide bonds. The first-order valence-corrected chi connectivity index (χ1v) is 9.87. The molecule has 27 heavy (non-hydrogen) atoms. The van der Waals surface area contributed by atoms with Gasteiger partial charge >= 0.3 is 0 Å². The molecule has 0 unspecified atom stereocenters. The normalized spacial score (nSPS) is 14.3. The number of phenolic OH excluding ortho intramolecular Hbond substituents is 2. The van der Waals surface area contributed by atoms with E-state index in [0.717, 1.165) is 48.8 Å². The number of hydrogen-bond donors (Lipinski definition) is 3. The Kier molecular flexibility index (Phi) is 7.55. The molecule has 1 aliphatic rings. The molecule has 148 valence electrons. The molecular formula is C23H33NO3. The zero-order valence-electron chi connectivity index (χ0n) is 16.9. The van der Waals surface area contributed by atoms with Gasteiger partial charge in [0.1, 0.15) is 12.4 Å². The molecule has 0 bridgehead atoms. The SMILES string of the molecule is C=C(C)C1=C(c2c(O)cc(CCCCC)c(O)c2OCCN)C=C(C)CC1. The number of nitrogens with two attached hydrogens (primary N) is 1. The van der Waals surface area contributed by atoms with Crippen LogP contribution in [0.2, 0.25) is 0 Å². The number of rotatable bonds is 9. The van der Waals surface area contributed by atoms with Gasteiger partial charge in [0.05, 0.1) is 5.56 Å². The topological polar surface area (TPSA) is 75.7 Å². The van der Waals surface area contributed by atoms with E-state index in [2.05, 4.69) is 26.5 Å². The van der Waals surface area contributed by atoms with Crippen LogP contribution in [0.5, 0.6) is 17.2 Å². The van der Waals surface area contributed by atoms with Crippen molar-refractivity contribution in [1.82, 2.24) is 0 Å². The van der Waals surface area contributed by atoms with Crippen LogP contribution < -0.4 is 10.5 Å². The van der Waals surface area contributed by atoms with E-state index in [0.29, 0.717) is 29.8 Å². The summed E-state index contributed by atoms with van der Waals surface area (Å²) >= 11 is 0. The maximum absolute atomic E-state index is 10.9. The summed E-state index contributed by atoms with van der Waals surface area (Å²) in [6, 6.07) is 1.68. The predicted octanol–water partition coefficient (Wildman–Crippen LogP) is 5.24. The second kappa shape index (κ2) is 9.65. The van der Waals surface area contributed by atoms with Crippen molar-refractivity contribution in [3.8, 4) is 17.2 Å². The molecule has 2 rings (SSSR count). The lowest BCUT2D eigenvalue weighted by molar-refractivity contribution is 0.303. The lowest BCUT2D eigenvalue weighted by atomic mass is 9.84. The monoisotopic (exact) mass is 371 g/mol. The van der Waals surface area contributed by atoms with E-state index in [4.69, 9.17) is 10.5 Å².